The van der Waals surface area contributed by atoms with E-state index >= 15 is 0 Å². The van der Waals surface area contributed by atoms with Gasteiger partial charge >= 0.3 is 0 Å². The molecule has 0 spiro atoms. The second-order valence-corrected chi connectivity index (χ2v) is 7.04. The zero-order valence-corrected chi connectivity index (χ0v) is 15.2. The molecule has 1 aliphatic rings. The fraction of sp³-hybridized carbons (Fsp3) is 0. The first-order valence-corrected chi connectivity index (χ1v) is 9.47. The highest BCUT2D eigenvalue weighted by atomic mass is 16.5. The monoisotopic (exact) mass is 359 g/mol. The molecule has 2 nitrogen and oxygen atoms in total. The van der Waals surface area contributed by atoms with Gasteiger partial charge in [-0.1, -0.05) is 78.9 Å². The van der Waals surface area contributed by atoms with Crippen LogP contribution in [0.3, 0.4) is 0 Å². The molecule has 2 heteroatoms. The molecule has 1 aromatic heterocycles. The van der Waals surface area contributed by atoms with Crippen molar-refractivity contribution in [1.82, 2.24) is 4.57 Å². The summed E-state index contributed by atoms with van der Waals surface area (Å²) >= 11 is 0. The Morgan fingerprint density at radius 2 is 1.32 bits per heavy atom. The van der Waals surface area contributed by atoms with E-state index in [0.29, 0.717) is 0 Å². The molecular weight excluding hydrogens is 342 g/mol. The predicted octanol–water partition coefficient (Wildman–Crippen LogP) is 7.06. The molecular formula is C26H17NO. The maximum absolute atomic E-state index is 6.52. The summed E-state index contributed by atoms with van der Waals surface area (Å²) in [6.07, 6.45) is 4.27. The molecule has 0 amide bonds. The molecule has 0 saturated heterocycles. The van der Waals surface area contributed by atoms with Gasteiger partial charge in [-0.25, -0.2) is 0 Å². The quantitative estimate of drug-likeness (QED) is 0.306. The second-order valence-electron chi connectivity index (χ2n) is 7.04. The summed E-state index contributed by atoms with van der Waals surface area (Å²) in [4.78, 5) is 0. The van der Waals surface area contributed by atoms with E-state index < -0.39 is 0 Å². The SMILES string of the molecule is C1=Cc2ccc3c4ccccc4n(-c4ccccc4)c3c2Oc2ccccc21. The van der Waals surface area contributed by atoms with E-state index in [0.717, 1.165) is 33.8 Å². The molecule has 2 heterocycles. The molecule has 0 unspecified atom stereocenters. The van der Waals surface area contributed by atoms with Crippen molar-refractivity contribution in [3.63, 3.8) is 0 Å². The summed E-state index contributed by atoms with van der Waals surface area (Å²) < 4.78 is 8.83. The third-order valence-corrected chi connectivity index (χ3v) is 5.41. The van der Waals surface area contributed by atoms with Gasteiger partial charge in [-0.05, 0) is 24.3 Å². The third-order valence-electron chi connectivity index (χ3n) is 5.41. The average molecular weight is 359 g/mol. The highest BCUT2D eigenvalue weighted by Crippen LogP contribution is 2.43. The number of hydrogen-bond acceptors (Lipinski definition) is 1. The number of fused-ring (bicyclic) bond motifs is 6. The smallest absolute Gasteiger partial charge is 0.159 e. The number of rotatable bonds is 1. The summed E-state index contributed by atoms with van der Waals surface area (Å²) in [5, 5.41) is 2.43. The lowest BCUT2D eigenvalue weighted by Gasteiger charge is -2.14. The minimum absolute atomic E-state index is 0.884. The zero-order valence-electron chi connectivity index (χ0n) is 15.2. The molecule has 6 rings (SSSR count). The maximum Gasteiger partial charge on any atom is 0.159 e. The number of para-hydroxylation sites is 3. The lowest BCUT2D eigenvalue weighted by Crippen LogP contribution is -1.97. The first-order valence-electron chi connectivity index (χ1n) is 9.47. The Morgan fingerprint density at radius 1 is 0.571 bits per heavy atom. The molecule has 5 aromatic rings. The molecule has 0 fully saturated rings. The Balaban J connectivity index is 1.77. The third kappa shape index (κ3) is 2.15. The number of nitrogens with zero attached hydrogens (tertiary/aromatic N) is 1. The number of aromatic nitrogens is 1. The Labute approximate surface area is 162 Å². The molecule has 0 aliphatic carbocycles. The molecule has 0 saturated carbocycles. The van der Waals surface area contributed by atoms with Gasteiger partial charge in [-0.15, -0.1) is 0 Å². The molecule has 4 aromatic carbocycles. The molecule has 1 aliphatic heterocycles. The fourth-order valence-electron chi connectivity index (χ4n) is 4.13. The predicted molar refractivity (Wildman–Crippen MR) is 116 cm³/mol. The van der Waals surface area contributed by atoms with Crippen molar-refractivity contribution in [2.24, 2.45) is 0 Å². The van der Waals surface area contributed by atoms with Gasteiger partial charge in [-0.3, -0.25) is 0 Å². The van der Waals surface area contributed by atoms with Crippen molar-refractivity contribution in [2.75, 3.05) is 0 Å². The van der Waals surface area contributed by atoms with Crippen molar-refractivity contribution in [2.45, 2.75) is 0 Å². The normalized spacial score (nSPS) is 12.4. The van der Waals surface area contributed by atoms with Crippen LogP contribution in [0.1, 0.15) is 11.1 Å². The van der Waals surface area contributed by atoms with Crippen LogP contribution in [0.25, 0.3) is 39.6 Å². The summed E-state index contributed by atoms with van der Waals surface area (Å²) in [6, 6.07) is 31.6. The first kappa shape index (κ1) is 15.3. The van der Waals surface area contributed by atoms with Crippen LogP contribution in [0.4, 0.5) is 0 Å². The van der Waals surface area contributed by atoms with Gasteiger partial charge in [0.25, 0.3) is 0 Å². The minimum Gasteiger partial charge on any atom is -0.454 e. The van der Waals surface area contributed by atoms with Gasteiger partial charge in [0, 0.05) is 27.6 Å². The first-order chi connectivity index (χ1) is 13.9. The number of benzene rings is 4. The maximum atomic E-state index is 6.52. The Hall–Kier alpha value is -3.78. The van der Waals surface area contributed by atoms with Crippen molar-refractivity contribution in [3.05, 3.63) is 102 Å². The van der Waals surface area contributed by atoms with E-state index in [9.17, 15) is 0 Å². The van der Waals surface area contributed by atoms with Crippen molar-refractivity contribution in [1.29, 1.82) is 0 Å². The molecule has 132 valence electrons. The van der Waals surface area contributed by atoms with Gasteiger partial charge in [0.05, 0.1) is 11.0 Å². The lowest BCUT2D eigenvalue weighted by molar-refractivity contribution is 0.485. The standard InChI is InChI=1S/C26H17NO/c1-2-9-20(10-3-1)27-23-12-6-5-11-21(23)22-17-16-19-15-14-18-8-4-7-13-24(18)28-26(19)25(22)27/h1-17H. The number of ether oxygens (including phenoxy) is 1. The van der Waals surface area contributed by atoms with Crippen molar-refractivity contribution in [3.8, 4) is 17.2 Å². The Morgan fingerprint density at radius 3 is 2.25 bits per heavy atom. The van der Waals surface area contributed by atoms with Gasteiger partial charge in [0.2, 0.25) is 0 Å². The van der Waals surface area contributed by atoms with Gasteiger partial charge in [0.1, 0.15) is 5.75 Å². The summed E-state index contributed by atoms with van der Waals surface area (Å²) in [5.74, 6) is 1.79. The van der Waals surface area contributed by atoms with Crippen molar-refractivity contribution >= 4 is 34.0 Å². The van der Waals surface area contributed by atoms with Gasteiger partial charge < -0.3 is 9.30 Å². The topological polar surface area (TPSA) is 14.2 Å². The van der Waals surface area contributed by atoms with Crippen LogP contribution >= 0.6 is 0 Å². The highest BCUT2D eigenvalue weighted by Gasteiger charge is 2.20. The molecule has 0 atom stereocenters. The Bertz CT molecular complexity index is 1380. The van der Waals surface area contributed by atoms with E-state index in [-0.39, 0.29) is 0 Å². The van der Waals surface area contributed by atoms with Crippen LogP contribution in [0.5, 0.6) is 11.5 Å². The Kier molecular flexibility index (Phi) is 3.20. The van der Waals surface area contributed by atoms with Crippen LogP contribution in [0, 0.1) is 0 Å². The largest absolute Gasteiger partial charge is 0.454 e. The van der Waals surface area contributed by atoms with E-state index in [2.05, 4.69) is 83.4 Å². The van der Waals surface area contributed by atoms with E-state index in [1.807, 2.05) is 24.3 Å². The summed E-state index contributed by atoms with van der Waals surface area (Å²) in [6.45, 7) is 0. The van der Waals surface area contributed by atoms with Crippen LogP contribution in [-0.2, 0) is 0 Å². The molecule has 0 radical (unpaired) electrons. The van der Waals surface area contributed by atoms with Crippen LogP contribution in [0.2, 0.25) is 0 Å². The number of hydrogen-bond donors (Lipinski definition) is 0. The molecule has 0 bridgehead atoms. The summed E-state index contributed by atoms with van der Waals surface area (Å²) in [5.41, 5.74) is 5.60. The molecule has 0 N–H and O–H groups in total. The van der Waals surface area contributed by atoms with E-state index in [1.165, 1.54) is 16.3 Å². The van der Waals surface area contributed by atoms with Gasteiger partial charge in [0.15, 0.2) is 5.75 Å². The van der Waals surface area contributed by atoms with Gasteiger partial charge in [-0.2, -0.15) is 0 Å². The zero-order chi connectivity index (χ0) is 18.5. The van der Waals surface area contributed by atoms with Crippen molar-refractivity contribution < 1.29 is 4.74 Å². The average Bonchev–Trinajstić information content (AvgIpc) is 2.97. The van der Waals surface area contributed by atoms with Crippen LogP contribution in [0.15, 0.2) is 91.0 Å². The van der Waals surface area contributed by atoms with Crippen LogP contribution < -0.4 is 4.74 Å². The summed E-state index contributed by atoms with van der Waals surface area (Å²) in [7, 11) is 0. The van der Waals surface area contributed by atoms with E-state index in [4.69, 9.17) is 4.74 Å². The fourth-order valence-corrected chi connectivity index (χ4v) is 4.13. The second kappa shape index (κ2) is 5.86. The highest BCUT2D eigenvalue weighted by molar-refractivity contribution is 6.12. The van der Waals surface area contributed by atoms with E-state index in [1.54, 1.807) is 0 Å². The van der Waals surface area contributed by atoms with Crippen LogP contribution in [-0.4, -0.2) is 4.57 Å². The molecule has 28 heavy (non-hydrogen) atoms. The minimum atomic E-state index is 0.884. The lowest BCUT2D eigenvalue weighted by atomic mass is 10.1.